The minimum absolute atomic E-state index is 0.00194. The van der Waals surface area contributed by atoms with E-state index in [2.05, 4.69) is 24.4 Å². The van der Waals surface area contributed by atoms with Gasteiger partial charge in [-0.3, -0.25) is 0 Å². The van der Waals surface area contributed by atoms with Crippen LogP contribution in [0.5, 0.6) is 5.75 Å². The first kappa shape index (κ1) is 14.7. The monoisotopic (exact) mass is 301 g/mol. The van der Waals surface area contributed by atoms with Crippen LogP contribution in [-0.4, -0.2) is 17.7 Å². The van der Waals surface area contributed by atoms with Gasteiger partial charge >= 0.3 is 5.97 Å². The van der Waals surface area contributed by atoms with Crippen LogP contribution in [0.4, 0.5) is 0 Å². The number of fused-ring (bicyclic) bond motifs is 1. The van der Waals surface area contributed by atoms with E-state index in [-0.39, 0.29) is 11.8 Å². The molecule has 0 amide bonds. The number of carboxylic acids is 1. The Bertz CT molecular complexity index is 677. The van der Waals surface area contributed by atoms with Crippen LogP contribution in [0.15, 0.2) is 34.9 Å². The minimum atomic E-state index is -1.04. The highest BCUT2D eigenvalue weighted by molar-refractivity contribution is 5.86. The molecule has 1 unspecified atom stereocenters. The Morgan fingerprint density at radius 3 is 3.00 bits per heavy atom. The summed E-state index contributed by atoms with van der Waals surface area (Å²) < 4.78 is 10.8. The van der Waals surface area contributed by atoms with Gasteiger partial charge in [-0.1, -0.05) is 25.1 Å². The maximum absolute atomic E-state index is 11.1. The summed E-state index contributed by atoms with van der Waals surface area (Å²) in [6, 6.07) is 8.05. The Labute approximate surface area is 128 Å². The Hall–Kier alpha value is -2.27. The fraction of sp³-hybridized carbons (Fsp3) is 0.353. The molecule has 22 heavy (non-hydrogen) atoms. The standard InChI is InChI=1S/C17H19NO4/c1-2-11-4-3-5-13-14(7-9-21-15(11)13)18-10-12-6-8-22-16(12)17(19)20/h3-6,8,14,18H,2,7,9-10H2,1H3,(H,19,20). The molecule has 3 rings (SSSR count). The molecule has 1 aliphatic rings. The molecule has 0 aliphatic carbocycles. The molecule has 0 spiro atoms. The third kappa shape index (κ3) is 2.72. The number of carboxylic acid groups (broad SMARTS) is 1. The number of para-hydroxylation sites is 1. The van der Waals surface area contributed by atoms with Gasteiger partial charge in [-0.15, -0.1) is 0 Å². The van der Waals surface area contributed by atoms with Gasteiger partial charge < -0.3 is 19.6 Å². The Morgan fingerprint density at radius 2 is 2.23 bits per heavy atom. The van der Waals surface area contributed by atoms with E-state index in [1.54, 1.807) is 6.07 Å². The maximum atomic E-state index is 11.1. The number of aryl methyl sites for hydroxylation is 1. The van der Waals surface area contributed by atoms with Gasteiger partial charge in [0.2, 0.25) is 5.76 Å². The van der Waals surface area contributed by atoms with Crippen molar-refractivity contribution in [3.8, 4) is 5.75 Å². The van der Waals surface area contributed by atoms with Crippen molar-refractivity contribution in [3.63, 3.8) is 0 Å². The van der Waals surface area contributed by atoms with Crippen molar-refractivity contribution in [1.29, 1.82) is 0 Å². The van der Waals surface area contributed by atoms with Crippen LogP contribution in [0, 0.1) is 0 Å². The molecule has 1 aliphatic heterocycles. The van der Waals surface area contributed by atoms with Gasteiger partial charge in [-0.2, -0.15) is 0 Å². The van der Waals surface area contributed by atoms with Crippen LogP contribution in [-0.2, 0) is 13.0 Å². The van der Waals surface area contributed by atoms with E-state index in [9.17, 15) is 4.79 Å². The van der Waals surface area contributed by atoms with Crippen molar-refractivity contribution in [2.75, 3.05) is 6.61 Å². The molecule has 116 valence electrons. The van der Waals surface area contributed by atoms with Gasteiger partial charge in [-0.25, -0.2) is 4.79 Å². The van der Waals surface area contributed by atoms with Gasteiger partial charge in [0.25, 0.3) is 0 Å². The topological polar surface area (TPSA) is 71.7 Å². The number of hydrogen-bond acceptors (Lipinski definition) is 4. The molecule has 2 N–H and O–H groups in total. The number of aromatic carboxylic acids is 1. The molecule has 0 fully saturated rings. The summed E-state index contributed by atoms with van der Waals surface area (Å²) in [5.74, 6) is -0.0658. The summed E-state index contributed by atoms with van der Waals surface area (Å²) >= 11 is 0. The molecule has 5 nitrogen and oxygen atoms in total. The van der Waals surface area contributed by atoms with Crippen molar-refractivity contribution in [2.45, 2.75) is 32.4 Å². The molecule has 1 aromatic heterocycles. The zero-order valence-electron chi connectivity index (χ0n) is 12.5. The normalized spacial score (nSPS) is 16.9. The quantitative estimate of drug-likeness (QED) is 0.887. The van der Waals surface area contributed by atoms with Gasteiger partial charge in [-0.05, 0) is 18.1 Å². The fourth-order valence-corrected chi connectivity index (χ4v) is 2.88. The van der Waals surface area contributed by atoms with Gasteiger partial charge in [0.15, 0.2) is 0 Å². The highest BCUT2D eigenvalue weighted by atomic mass is 16.5. The van der Waals surface area contributed by atoms with Crippen molar-refractivity contribution in [1.82, 2.24) is 5.32 Å². The first-order valence-corrected chi connectivity index (χ1v) is 7.48. The largest absolute Gasteiger partial charge is 0.493 e. The zero-order chi connectivity index (χ0) is 15.5. The lowest BCUT2D eigenvalue weighted by atomic mass is 9.96. The SMILES string of the molecule is CCc1cccc2c1OCCC2NCc1ccoc1C(=O)O. The third-order valence-electron chi connectivity index (χ3n) is 4.02. The maximum Gasteiger partial charge on any atom is 0.372 e. The van der Waals surface area contributed by atoms with Crippen molar-refractivity contribution >= 4 is 5.97 Å². The molecular formula is C17H19NO4. The zero-order valence-corrected chi connectivity index (χ0v) is 12.5. The Morgan fingerprint density at radius 1 is 1.36 bits per heavy atom. The second-order valence-electron chi connectivity index (χ2n) is 5.34. The summed E-state index contributed by atoms with van der Waals surface area (Å²) in [7, 11) is 0. The predicted molar refractivity (Wildman–Crippen MR) is 81.2 cm³/mol. The average Bonchev–Trinajstić information content (AvgIpc) is 3.01. The van der Waals surface area contributed by atoms with Crippen LogP contribution in [0.1, 0.15) is 46.6 Å². The summed E-state index contributed by atoms with van der Waals surface area (Å²) in [6.45, 7) is 3.23. The molecule has 1 atom stereocenters. The molecule has 5 heteroatoms. The highest BCUT2D eigenvalue weighted by Crippen LogP contribution is 2.35. The summed E-state index contributed by atoms with van der Waals surface area (Å²) in [4.78, 5) is 11.1. The number of benzene rings is 1. The number of hydrogen-bond donors (Lipinski definition) is 2. The number of furan rings is 1. The van der Waals surface area contributed by atoms with Crippen LogP contribution in [0.25, 0.3) is 0 Å². The van der Waals surface area contributed by atoms with Crippen molar-refractivity contribution < 1.29 is 19.1 Å². The first-order chi connectivity index (χ1) is 10.7. The lowest BCUT2D eigenvalue weighted by Gasteiger charge is -2.28. The van der Waals surface area contributed by atoms with E-state index >= 15 is 0 Å². The second-order valence-corrected chi connectivity index (χ2v) is 5.34. The molecular weight excluding hydrogens is 282 g/mol. The number of nitrogens with one attached hydrogen (secondary N) is 1. The lowest BCUT2D eigenvalue weighted by Crippen LogP contribution is -2.27. The minimum Gasteiger partial charge on any atom is -0.493 e. The van der Waals surface area contributed by atoms with E-state index in [1.165, 1.54) is 11.8 Å². The molecule has 2 heterocycles. The number of ether oxygens (including phenoxy) is 1. The highest BCUT2D eigenvalue weighted by Gasteiger charge is 2.23. The summed E-state index contributed by atoms with van der Waals surface area (Å²) in [5, 5.41) is 12.5. The number of carbonyl (C=O) groups is 1. The molecule has 0 bridgehead atoms. The van der Waals surface area contributed by atoms with E-state index < -0.39 is 5.97 Å². The van der Waals surface area contributed by atoms with E-state index in [0.717, 1.165) is 24.2 Å². The van der Waals surface area contributed by atoms with E-state index in [1.807, 2.05) is 6.07 Å². The molecule has 0 saturated carbocycles. The van der Waals surface area contributed by atoms with Crippen molar-refractivity contribution in [3.05, 3.63) is 53.0 Å². The molecule has 0 saturated heterocycles. The first-order valence-electron chi connectivity index (χ1n) is 7.48. The van der Waals surface area contributed by atoms with Crippen LogP contribution >= 0.6 is 0 Å². The Balaban J connectivity index is 1.78. The fourth-order valence-electron chi connectivity index (χ4n) is 2.88. The lowest BCUT2D eigenvalue weighted by molar-refractivity contribution is 0.0660. The number of rotatable bonds is 5. The second kappa shape index (κ2) is 6.23. The molecule has 1 aromatic carbocycles. The van der Waals surface area contributed by atoms with E-state index in [0.29, 0.717) is 18.7 Å². The smallest absolute Gasteiger partial charge is 0.372 e. The van der Waals surface area contributed by atoms with Crippen LogP contribution in [0.3, 0.4) is 0 Å². The van der Waals surface area contributed by atoms with Gasteiger partial charge in [0.05, 0.1) is 12.9 Å². The van der Waals surface area contributed by atoms with E-state index in [4.69, 9.17) is 14.3 Å². The van der Waals surface area contributed by atoms with Crippen LogP contribution < -0.4 is 10.1 Å². The molecule has 2 aromatic rings. The van der Waals surface area contributed by atoms with Gasteiger partial charge in [0.1, 0.15) is 5.75 Å². The average molecular weight is 301 g/mol. The summed E-state index contributed by atoms with van der Waals surface area (Å²) in [6.07, 6.45) is 3.20. The molecule has 0 radical (unpaired) electrons. The Kier molecular flexibility index (Phi) is 4.15. The third-order valence-corrected chi connectivity index (χ3v) is 4.02. The van der Waals surface area contributed by atoms with Crippen molar-refractivity contribution in [2.24, 2.45) is 0 Å². The van der Waals surface area contributed by atoms with Gasteiger partial charge in [0, 0.05) is 30.1 Å². The van der Waals surface area contributed by atoms with Crippen LogP contribution in [0.2, 0.25) is 0 Å². The predicted octanol–water partition coefficient (Wildman–Crippen LogP) is 3.15. The summed E-state index contributed by atoms with van der Waals surface area (Å²) in [5.41, 5.74) is 3.01.